The van der Waals surface area contributed by atoms with E-state index in [0.717, 1.165) is 37.8 Å². The molecule has 0 atom stereocenters. The zero-order valence-electron chi connectivity index (χ0n) is 21.3. The van der Waals surface area contributed by atoms with Crippen molar-refractivity contribution >= 4 is 48.5 Å². The van der Waals surface area contributed by atoms with Crippen LogP contribution in [0.25, 0.3) is 11.1 Å². The Kier molecular flexibility index (Phi) is 9.01. The lowest BCUT2D eigenvalue weighted by molar-refractivity contribution is 0.413. The third kappa shape index (κ3) is 6.61. The van der Waals surface area contributed by atoms with Crippen LogP contribution in [0.4, 0.5) is 5.69 Å². The summed E-state index contributed by atoms with van der Waals surface area (Å²) in [6, 6.07) is 18.1. The van der Waals surface area contributed by atoms with Crippen LogP contribution in [0, 0.1) is 32.1 Å². The van der Waals surface area contributed by atoms with E-state index in [1.165, 1.54) is 28.8 Å². The minimum Gasteiger partial charge on any atom is -0.496 e. The quantitative estimate of drug-likeness (QED) is 0.271. The van der Waals surface area contributed by atoms with Crippen molar-refractivity contribution in [3.05, 3.63) is 80.9 Å². The Morgan fingerprint density at radius 3 is 2.05 bits per heavy atom. The Bertz CT molecular complexity index is 1700. The van der Waals surface area contributed by atoms with Crippen LogP contribution in [0.15, 0.2) is 69.1 Å². The smallest absolute Gasteiger partial charge is 0.304 e. The van der Waals surface area contributed by atoms with Gasteiger partial charge in [-0.15, -0.1) is 22.7 Å². The van der Waals surface area contributed by atoms with Gasteiger partial charge < -0.3 is 4.74 Å². The monoisotopic (exact) mass is 590 g/mol. The van der Waals surface area contributed by atoms with E-state index in [9.17, 15) is 16.8 Å². The molecule has 0 spiro atoms. The van der Waals surface area contributed by atoms with Gasteiger partial charge in [-0.05, 0) is 61.7 Å². The fraction of sp³-hybridized carbons (Fsp3) is 0.192. The normalized spacial score (nSPS) is 11.3. The Hall–Kier alpha value is -3.21. The Labute approximate surface area is 231 Å². The van der Waals surface area contributed by atoms with Gasteiger partial charge in [-0.1, -0.05) is 24.3 Å². The highest BCUT2D eigenvalue weighted by atomic mass is 32.3. The highest BCUT2D eigenvalue weighted by molar-refractivity contribution is 7.93. The number of benzene rings is 2. The Morgan fingerprint density at radius 1 is 0.947 bits per heavy atom. The van der Waals surface area contributed by atoms with Crippen molar-refractivity contribution in [2.45, 2.75) is 29.9 Å². The second-order valence-electron chi connectivity index (χ2n) is 8.22. The maximum absolute atomic E-state index is 12.9. The molecule has 1 N–H and O–H groups in total. The van der Waals surface area contributed by atoms with Gasteiger partial charge in [0.15, 0.2) is 4.21 Å². The molecule has 0 radical (unpaired) electrons. The van der Waals surface area contributed by atoms with Gasteiger partial charge in [-0.2, -0.15) is 13.7 Å². The SMILES string of the molecule is COc1cc(S(=O)(=O)O)sc1C.Cc1cc(S(=O)(=O)N(C)c2cc(-c3ccc(C#N)cc3)ccc2C)cs1. The summed E-state index contributed by atoms with van der Waals surface area (Å²) < 4.78 is 61.9. The van der Waals surface area contributed by atoms with Crippen LogP contribution in [0.1, 0.15) is 20.9 Å². The fourth-order valence-electron chi connectivity index (χ4n) is 3.48. The zero-order valence-corrected chi connectivity index (χ0v) is 24.6. The molecule has 2 aromatic carbocycles. The molecule has 4 aromatic rings. The van der Waals surface area contributed by atoms with E-state index in [4.69, 9.17) is 14.6 Å². The predicted octanol–water partition coefficient (Wildman–Crippen LogP) is 6.04. The van der Waals surface area contributed by atoms with Crippen LogP contribution < -0.4 is 9.04 Å². The Morgan fingerprint density at radius 2 is 1.58 bits per heavy atom. The lowest BCUT2D eigenvalue weighted by Gasteiger charge is -2.21. The fourth-order valence-corrected chi connectivity index (χ4v) is 7.61. The van der Waals surface area contributed by atoms with E-state index in [1.54, 1.807) is 37.6 Å². The van der Waals surface area contributed by atoms with Crippen molar-refractivity contribution < 1.29 is 26.1 Å². The molecule has 0 aliphatic rings. The van der Waals surface area contributed by atoms with Crippen LogP contribution in [0.2, 0.25) is 0 Å². The highest BCUT2D eigenvalue weighted by Crippen LogP contribution is 2.32. The Balaban J connectivity index is 0.000000279. The van der Waals surface area contributed by atoms with E-state index in [0.29, 0.717) is 21.9 Å². The van der Waals surface area contributed by atoms with E-state index < -0.39 is 20.1 Å². The first-order chi connectivity index (χ1) is 17.8. The van der Waals surface area contributed by atoms with Crippen molar-refractivity contribution in [2.24, 2.45) is 0 Å². The second kappa shape index (κ2) is 11.7. The van der Waals surface area contributed by atoms with Gasteiger partial charge in [0.25, 0.3) is 10.0 Å². The highest BCUT2D eigenvalue weighted by Gasteiger charge is 2.24. The van der Waals surface area contributed by atoms with Crippen molar-refractivity contribution in [1.82, 2.24) is 0 Å². The molecule has 0 aliphatic carbocycles. The number of methoxy groups -OCH3 is 1. The summed E-state index contributed by atoms with van der Waals surface area (Å²) in [5, 5.41) is 10.6. The average Bonchev–Trinajstić information content (AvgIpc) is 3.50. The van der Waals surface area contributed by atoms with Crippen molar-refractivity contribution in [3.63, 3.8) is 0 Å². The minimum atomic E-state index is -4.08. The van der Waals surface area contributed by atoms with Crippen LogP contribution in [-0.2, 0) is 20.1 Å². The molecule has 0 aliphatic heterocycles. The number of hydrogen-bond donors (Lipinski definition) is 1. The standard InChI is InChI=1S/C20H18N2O2S2.C6H8O4S2/c1-14-4-7-18(17-8-5-16(12-21)6-9-17)11-20(14)22(3)26(23,24)19-10-15(2)25-13-19;1-4-5(10-2)3-6(11-4)12(7,8)9/h4-11,13H,1-3H3;3H,1-2H3,(H,7,8,9). The van der Waals surface area contributed by atoms with Crippen molar-refractivity contribution in [3.8, 4) is 22.9 Å². The number of nitriles is 1. The maximum atomic E-state index is 12.9. The van der Waals surface area contributed by atoms with Gasteiger partial charge in [0, 0.05) is 28.2 Å². The predicted molar refractivity (Wildman–Crippen MR) is 151 cm³/mol. The molecule has 200 valence electrons. The molecule has 2 heterocycles. The van der Waals surface area contributed by atoms with Gasteiger partial charge in [0.1, 0.15) is 5.75 Å². The molecule has 38 heavy (non-hydrogen) atoms. The van der Waals surface area contributed by atoms with Crippen molar-refractivity contribution in [2.75, 3.05) is 18.5 Å². The van der Waals surface area contributed by atoms with Crippen LogP contribution in [0.3, 0.4) is 0 Å². The number of rotatable bonds is 6. The van der Waals surface area contributed by atoms with E-state index in [-0.39, 0.29) is 4.21 Å². The van der Waals surface area contributed by atoms with Gasteiger partial charge in [0.05, 0.1) is 29.3 Å². The molecule has 12 heteroatoms. The summed E-state index contributed by atoms with van der Waals surface area (Å²) in [4.78, 5) is 2.00. The molecule has 0 unspecified atom stereocenters. The van der Waals surface area contributed by atoms with Gasteiger partial charge in [-0.3, -0.25) is 8.86 Å². The largest absolute Gasteiger partial charge is 0.496 e. The first-order valence-electron chi connectivity index (χ1n) is 11.0. The number of nitrogens with zero attached hydrogens (tertiary/aromatic N) is 2. The molecule has 8 nitrogen and oxygen atoms in total. The average molecular weight is 591 g/mol. The van der Waals surface area contributed by atoms with Crippen LogP contribution in [0.5, 0.6) is 5.75 Å². The summed E-state index contributed by atoms with van der Waals surface area (Å²) in [6.45, 7) is 5.50. The summed E-state index contributed by atoms with van der Waals surface area (Å²) >= 11 is 2.40. The molecule has 4 rings (SSSR count). The summed E-state index contributed by atoms with van der Waals surface area (Å²) in [7, 11) is -4.65. The van der Waals surface area contributed by atoms with E-state index in [2.05, 4.69) is 6.07 Å². The van der Waals surface area contributed by atoms with Gasteiger partial charge in [-0.25, -0.2) is 8.42 Å². The third-order valence-electron chi connectivity index (χ3n) is 5.58. The zero-order chi connectivity index (χ0) is 28.3. The molecular weight excluding hydrogens is 565 g/mol. The number of thiophene rings is 2. The number of sulfonamides is 1. The summed E-state index contributed by atoms with van der Waals surface area (Å²) in [6.07, 6.45) is 0. The first kappa shape index (κ1) is 29.3. The molecule has 0 saturated heterocycles. The number of ether oxygens (including phenoxy) is 1. The minimum absolute atomic E-state index is 0.0862. The topological polar surface area (TPSA) is 125 Å². The molecule has 0 fully saturated rings. The maximum Gasteiger partial charge on any atom is 0.304 e. The molecule has 0 amide bonds. The first-order valence-corrected chi connectivity index (χ1v) is 15.6. The molecule has 2 aromatic heterocycles. The number of anilines is 1. The third-order valence-corrected chi connectivity index (χ3v) is 10.7. The summed E-state index contributed by atoms with van der Waals surface area (Å²) in [5.74, 6) is 0.479. The lowest BCUT2D eigenvalue weighted by atomic mass is 10.0. The van der Waals surface area contributed by atoms with Gasteiger partial charge >= 0.3 is 10.1 Å². The molecule has 0 saturated carbocycles. The van der Waals surface area contributed by atoms with Crippen LogP contribution >= 0.6 is 22.7 Å². The second-order valence-corrected chi connectivity index (χ2v) is 14.2. The van der Waals surface area contributed by atoms with E-state index in [1.807, 2.05) is 44.2 Å². The molecular formula is C26H26N2O6S4. The lowest BCUT2D eigenvalue weighted by Crippen LogP contribution is -2.26. The number of aryl methyl sites for hydroxylation is 3. The van der Waals surface area contributed by atoms with E-state index >= 15 is 0 Å². The van der Waals surface area contributed by atoms with Crippen molar-refractivity contribution in [1.29, 1.82) is 5.26 Å². The van der Waals surface area contributed by atoms with Crippen LogP contribution in [-0.4, -0.2) is 35.5 Å². The number of hydrogen-bond acceptors (Lipinski definition) is 8. The molecule has 0 bridgehead atoms. The van der Waals surface area contributed by atoms with Gasteiger partial charge in [0.2, 0.25) is 0 Å². The summed E-state index contributed by atoms with van der Waals surface area (Å²) in [5.41, 5.74) is 3.94.